The smallest absolute Gasteiger partial charge is 0.380 e. The SMILES string of the molecule is O=C1O[C@H]([C@@H](O)CO)C(O)=C1O.O=CC(O)C(O)C(=O)OC(=O)CC(O)(C=O)CC(=O)OC(O)(C(=O)O)C(O)C(O)C(O)CO. The molecule has 256 valence electrons. The zero-order valence-corrected chi connectivity index (χ0v) is 22.4. The van der Waals surface area contributed by atoms with E-state index in [1.807, 2.05) is 0 Å². The number of carboxylic acid groups (broad SMARTS) is 1. The van der Waals surface area contributed by atoms with Crippen molar-refractivity contribution in [1.29, 1.82) is 0 Å². The molecule has 7 unspecified atom stereocenters. The Morgan fingerprint density at radius 3 is 1.84 bits per heavy atom. The molecule has 0 fully saturated rings. The number of aliphatic hydroxyl groups excluding tert-OH is 10. The van der Waals surface area contributed by atoms with Crippen LogP contribution in [0.2, 0.25) is 0 Å². The lowest BCUT2D eigenvalue weighted by Gasteiger charge is -2.33. The van der Waals surface area contributed by atoms with Gasteiger partial charge in [0, 0.05) is 0 Å². The van der Waals surface area contributed by atoms with E-state index in [9.17, 15) is 64.2 Å². The van der Waals surface area contributed by atoms with Gasteiger partial charge >= 0.3 is 35.6 Å². The van der Waals surface area contributed by atoms with Crippen LogP contribution < -0.4 is 0 Å². The molecule has 0 saturated heterocycles. The topological polar surface area (TPSA) is 410 Å². The van der Waals surface area contributed by atoms with E-state index < -0.39 is 128 Å². The first-order valence-corrected chi connectivity index (χ1v) is 11.9. The summed E-state index contributed by atoms with van der Waals surface area (Å²) in [7, 11) is 0. The lowest BCUT2D eigenvalue weighted by molar-refractivity contribution is -0.271. The van der Waals surface area contributed by atoms with Crippen LogP contribution in [-0.4, -0.2) is 176 Å². The first-order chi connectivity index (χ1) is 20.7. The van der Waals surface area contributed by atoms with Crippen molar-refractivity contribution in [3.63, 3.8) is 0 Å². The minimum atomic E-state index is -3.97. The third kappa shape index (κ3) is 11.0. The van der Waals surface area contributed by atoms with Gasteiger partial charge in [0.15, 0.2) is 36.6 Å². The van der Waals surface area contributed by atoms with Gasteiger partial charge < -0.3 is 90.2 Å². The number of aliphatic carboxylic acids is 1. The largest absolute Gasteiger partial charge is 0.505 e. The Labute approximate surface area is 249 Å². The molecule has 0 saturated carbocycles. The summed E-state index contributed by atoms with van der Waals surface area (Å²) in [6.07, 6.45) is -19.1. The Kier molecular flexibility index (Phi) is 15.7. The number of esters is 4. The lowest BCUT2D eigenvalue weighted by atomic mass is 9.97. The molecular formula is C22H30O23. The minimum absolute atomic E-state index is 0.275. The van der Waals surface area contributed by atoms with Gasteiger partial charge in [-0.2, -0.15) is 0 Å². The predicted molar refractivity (Wildman–Crippen MR) is 128 cm³/mol. The molecular weight excluding hydrogens is 632 g/mol. The highest BCUT2D eigenvalue weighted by Gasteiger charge is 2.53. The second-order valence-corrected chi connectivity index (χ2v) is 8.91. The molecule has 1 rings (SSSR count). The number of aldehydes is 2. The summed E-state index contributed by atoms with van der Waals surface area (Å²) in [4.78, 5) is 78.1. The van der Waals surface area contributed by atoms with Crippen LogP contribution >= 0.6 is 0 Å². The van der Waals surface area contributed by atoms with Crippen LogP contribution in [0.3, 0.4) is 0 Å². The van der Waals surface area contributed by atoms with Gasteiger partial charge in [0.1, 0.15) is 30.0 Å². The number of rotatable bonds is 16. The van der Waals surface area contributed by atoms with Gasteiger partial charge in [-0.3, -0.25) is 9.59 Å². The van der Waals surface area contributed by atoms with Gasteiger partial charge in [0.25, 0.3) is 0 Å². The van der Waals surface area contributed by atoms with Gasteiger partial charge in [0.05, 0.1) is 26.1 Å². The maximum absolute atomic E-state index is 11.9. The van der Waals surface area contributed by atoms with Gasteiger partial charge in [-0.1, -0.05) is 0 Å². The van der Waals surface area contributed by atoms with Gasteiger partial charge in [-0.05, 0) is 0 Å². The van der Waals surface area contributed by atoms with Gasteiger partial charge in [-0.15, -0.1) is 0 Å². The molecule has 0 bridgehead atoms. The minimum Gasteiger partial charge on any atom is -0.505 e. The molecule has 0 aliphatic carbocycles. The van der Waals surface area contributed by atoms with E-state index in [0.717, 1.165) is 0 Å². The Morgan fingerprint density at radius 2 is 1.44 bits per heavy atom. The average Bonchev–Trinajstić information content (AvgIpc) is 3.25. The molecule has 1 heterocycles. The highest BCUT2D eigenvalue weighted by Crippen LogP contribution is 2.23. The third-order valence-electron chi connectivity index (χ3n) is 5.40. The quantitative estimate of drug-likeness (QED) is 0.0240. The summed E-state index contributed by atoms with van der Waals surface area (Å²) in [5, 5.41) is 119. The van der Waals surface area contributed by atoms with E-state index in [1.54, 1.807) is 0 Å². The van der Waals surface area contributed by atoms with Crippen LogP contribution in [0, 0.1) is 0 Å². The molecule has 45 heavy (non-hydrogen) atoms. The van der Waals surface area contributed by atoms with Crippen molar-refractivity contribution in [1.82, 2.24) is 0 Å². The molecule has 0 aromatic heterocycles. The first kappa shape index (κ1) is 40.8. The summed E-state index contributed by atoms with van der Waals surface area (Å²) in [5.41, 5.74) is -3.06. The number of carbonyl (C=O) groups excluding carboxylic acids is 6. The number of carbonyl (C=O) groups is 7. The van der Waals surface area contributed by atoms with Crippen molar-refractivity contribution in [2.75, 3.05) is 13.2 Å². The molecule has 13 N–H and O–H groups in total. The van der Waals surface area contributed by atoms with E-state index in [0.29, 0.717) is 0 Å². The predicted octanol–water partition coefficient (Wildman–Crippen LogP) is -8.33. The summed E-state index contributed by atoms with van der Waals surface area (Å²) in [5.74, 6) is -14.8. The molecule has 0 aromatic rings. The summed E-state index contributed by atoms with van der Waals surface area (Å²) in [6.45, 7) is -1.89. The van der Waals surface area contributed by atoms with Crippen LogP contribution in [0.4, 0.5) is 0 Å². The molecule has 23 nitrogen and oxygen atoms in total. The van der Waals surface area contributed by atoms with Crippen LogP contribution in [0.25, 0.3) is 0 Å². The number of cyclic esters (lactones) is 1. The van der Waals surface area contributed by atoms with E-state index in [-0.39, 0.29) is 6.29 Å². The Balaban J connectivity index is 0.00000133. The molecule has 0 radical (unpaired) electrons. The second-order valence-electron chi connectivity index (χ2n) is 8.91. The van der Waals surface area contributed by atoms with Crippen LogP contribution in [0.5, 0.6) is 0 Å². The normalized spacial score (nSPS) is 21.1. The zero-order valence-electron chi connectivity index (χ0n) is 22.4. The van der Waals surface area contributed by atoms with Gasteiger partial charge in [-0.25, -0.2) is 14.4 Å². The summed E-state index contributed by atoms with van der Waals surface area (Å²) >= 11 is 0. The number of carboxylic acids is 1. The highest BCUT2D eigenvalue weighted by molar-refractivity contribution is 5.92. The fourth-order valence-electron chi connectivity index (χ4n) is 2.88. The van der Waals surface area contributed by atoms with Crippen molar-refractivity contribution in [3.05, 3.63) is 11.5 Å². The zero-order chi connectivity index (χ0) is 35.4. The summed E-state index contributed by atoms with van der Waals surface area (Å²) in [6, 6.07) is 0. The molecule has 23 heteroatoms. The number of ether oxygens (including phenoxy) is 3. The monoisotopic (exact) mass is 662 g/mol. The van der Waals surface area contributed by atoms with E-state index in [1.165, 1.54) is 0 Å². The maximum atomic E-state index is 11.9. The van der Waals surface area contributed by atoms with E-state index >= 15 is 0 Å². The number of hydrogen-bond donors (Lipinski definition) is 13. The Morgan fingerprint density at radius 1 is 0.911 bits per heavy atom. The lowest BCUT2D eigenvalue weighted by Crippen LogP contribution is -2.60. The number of hydrogen-bond acceptors (Lipinski definition) is 22. The second kappa shape index (κ2) is 17.4. The highest BCUT2D eigenvalue weighted by atomic mass is 16.7. The molecule has 1 aliphatic rings. The van der Waals surface area contributed by atoms with Crippen molar-refractivity contribution >= 4 is 42.4 Å². The maximum Gasteiger partial charge on any atom is 0.380 e. The summed E-state index contributed by atoms with van der Waals surface area (Å²) < 4.78 is 12.4. The Hall–Kier alpha value is -4.17. The molecule has 0 aromatic carbocycles. The van der Waals surface area contributed by atoms with E-state index in [2.05, 4.69) is 14.2 Å². The molecule has 0 amide bonds. The fraction of sp³-hybridized carbons (Fsp3) is 0.591. The van der Waals surface area contributed by atoms with Crippen molar-refractivity contribution in [2.24, 2.45) is 0 Å². The van der Waals surface area contributed by atoms with Crippen LogP contribution in [0.1, 0.15) is 12.8 Å². The van der Waals surface area contributed by atoms with Crippen LogP contribution in [0.15, 0.2) is 11.5 Å². The molecule has 9 atom stereocenters. The Bertz CT molecular complexity index is 1130. The number of aliphatic hydroxyl groups is 12. The van der Waals surface area contributed by atoms with Crippen LogP contribution in [-0.2, 0) is 47.8 Å². The van der Waals surface area contributed by atoms with E-state index in [4.69, 9.17) is 35.7 Å². The van der Waals surface area contributed by atoms with Crippen molar-refractivity contribution in [2.45, 2.75) is 67.0 Å². The fourth-order valence-corrected chi connectivity index (χ4v) is 2.88. The molecule has 0 spiro atoms. The average molecular weight is 662 g/mol. The van der Waals surface area contributed by atoms with Gasteiger partial charge in [0.2, 0.25) is 5.76 Å². The third-order valence-corrected chi connectivity index (χ3v) is 5.40. The first-order valence-electron chi connectivity index (χ1n) is 11.9. The van der Waals surface area contributed by atoms with Crippen molar-refractivity contribution in [3.8, 4) is 0 Å². The molecule has 1 aliphatic heterocycles. The van der Waals surface area contributed by atoms with Crippen molar-refractivity contribution < 1.29 is 114 Å². The standard InChI is InChI=1S/C16H22O17.C6H8O6/c17-3-6(20)10(24)12(26)16(31,14(28)29)33-9(23)2-15(30,5-19)1-8(22)32-13(27)11(25)7(21)4-18;7-1-2(8)5-3(9)4(10)6(11)12-5/h4-7,10-12,17,20-21,24-26,30-31H,1-3H2,(H,28,29);2,5,7-10H,1H2/t;2-,5+/m.0/s1.